The molecule has 6 nitrogen and oxygen atoms in total. The quantitative estimate of drug-likeness (QED) is 0.533. The van der Waals surface area contributed by atoms with Crippen LogP contribution < -0.4 is 18.9 Å². The molecule has 0 N–H and O–H groups in total. The Labute approximate surface area is 191 Å². The highest BCUT2D eigenvalue weighted by atomic mass is 19.1. The van der Waals surface area contributed by atoms with Crippen LogP contribution in [0.4, 0.5) is 9.18 Å². The maximum Gasteiger partial charge on any atom is 0.415 e. The average Bonchev–Trinajstić information content (AvgIpc) is 2.85. The van der Waals surface area contributed by atoms with Gasteiger partial charge in [-0.25, -0.2) is 9.18 Å². The third kappa shape index (κ3) is 4.87. The van der Waals surface area contributed by atoms with Crippen LogP contribution in [0, 0.1) is 11.7 Å². The maximum absolute atomic E-state index is 13.5. The predicted octanol–water partition coefficient (Wildman–Crippen LogP) is 5.24. The Morgan fingerprint density at radius 3 is 2.67 bits per heavy atom. The molecule has 1 fully saturated rings. The van der Waals surface area contributed by atoms with Crippen molar-refractivity contribution >= 4 is 6.09 Å². The summed E-state index contributed by atoms with van der Waals surface area (Å²) in [5.74, 6) is 2.34. The van der Waals surface area contributed by atoms with E-state index in [9.17, 15) is 9.18 Å². The first-order valence-electron chi connectivity index (χ1n) is 11.0. The molecule has 0 aliphatic carbocycles. The molecule has 33 heavy (non-hydrogen) atoms. The number of nitrogens with zero attached hydrogens (tertiary/aromatic N) is 1. The van der Waals surface area contributed by atoms with E-state index >= 15 is 0 Å². The van der Waals surface area contributed by atoms with Gasteiger partial charge in [0.15, 0.2) is 11.5 Å². The first kappa shape index (κ1) is 21.1. The summed E-state index contributed by atoms with van der Waals surface area (Å²) < 4.78 is 36.1. The molecule has 2 aliphatic rings. The van der Waals surface area contributed by atoms with Crippen molar-refractivity contribution in [3.8, 4) is 23.0 Å². The summed E-state index contributed by atoms with van der Waals surface area (Å²) in [5.41, 5.74) is 1.03. The third-order valence-corrected chi connectivity index (χ3v) is 6.05. The van der Waals surface area contributed by atoms with E-state index < -0.39 is 0 Å². The van der Waals surface area contributed by atoms with E-state index in [1.54, 1.807) is 23.1 Å². The molecule has 0 radical (unpaired) electrons. The fraction of sp³-hybridized carbons (Fsp3) is 0.269. The van der Waals surface area contributed by atoms with Crippen molar-refractivity contribution in [2.75, 3.05) is 26.5 Å². The second-order valence-corrected chi connectivity index (χ2v) is 8.16. The molecule has 2 atom stereocenters. The van der Waals surface area contributed by atoms with E-state index in [0.29, 0.717) is 36.9 Å². The normalized spacial score (nSPS) is 19.2. The molecule has 2 unspecified atom stereocenters. The smallest absolute Gasteiger partial charge is 0.415 e. The minimum absolute atomic E-state index is 0.0146. The molecule has 3 aromatic rings. The van der Waals surface area contributed by atoms with Crippen LogP contribution >= 0.6 is 0 Å². The van der Waals surface area contributed by atoms with Crippen molar-refractivity contribution in [3.05, 3.63) is 84.2 Å². The summed E-state index contributed by atoms with van der Waals surface area (Å²) in [6.07, 6.45) is 0.336. The van der Waals surface area contributed by atoms with Gasteiger partial charge in [0.1, 0.15) is 17.3 Å². The Balaban J connectivity index is 1.32. The van der Waals surface area contributed by atoms with Crippen LogP contribution in [0.2, 0.25) is 0 Å². The zero-order valence-electron chi connectivity index (χ0n) is 18.0. The van der Waals surface area contributed by atoms with Crippen LogP contribution in [0.5, 0.6) is 23.0 Å². The number of amides is 1. The van der Waals surface area contributed by atoms with Gasteiger partial charge in [0, 0.05) is 25.1 Å². The number of rotatable bonds is 5. The van der Waals surface area contributed by atoms with Crippen LogP contribution in [-0.2, 0) is 0 Å². The number of carbonyl (C=O) groups excluding carboxylic acids is 1. The van der Waals surface area contributed by atoms with Crippen LogP contribution in [-0.4, -0.2) is 37.5 Å². The van der Waals surface area contributed by atoms with E-state index in [1.807, 2.05) is 42.5 Å². The van der Waals surface area contributed by atoms with Gasteiger partial charge in [0.05, 0.1) is 6.61 Å². The maximum atomic E-state index is 13.5. The minimum Gasteiger partial charge on any atom is -0.489 e. The zero-order valence-corrected chi connectivity index (χ0v) is 18.0. The molecule has 170 valence electrons. The lowest BCUT2D eigenvalue weighted by Gasteiger charge is -2.38. The minimum atomic E-state index is -0.385. The number of carbonyl (C=O) groups is 1. The number of piperidine rings is 1. The van der Waals surface area contributed by atoms with Crippen LogP contribution in [0.1, 0.15) is 17.9 Å². The first-order valence-corrected chi connectivity index (χ1v) is 11.0. The molecular weight excluding hydrogens is 425 g/mol. The molecule has 5 rings (SSSR count). The van der Waals surface area contributed by atoms with Gasteiger partial charge in [-0.2, -0.15) is 0 Å². The number of ether oxygens (including phenoxy) is 4. The van der Waals surface area contributed by atoms with E-state index in [1.165, 1.54) is 12.1 Å². The topological polar surface area (TPSA) is 57.2 Å². The highest BCUT2D eigenvalue weighted by Crippen LogP contribution is 2.37. The summed E-state index contributed by atoms with van der Waals surface area (Å²) in [5, 5.41) is 0. The second-order valence-electron chi connectivity index (χ2n) is 8.16. The first-order chi connectivity index (χ1) is 16.2. The van der Waals surface area contributed by atoms with Crippen molar-refractivity contribution < 1.29 is 28.1 Å². The number of fused-ring (bicyclic) bond motifs is 2. The van der Waals surface area contributed by atoms with E-state index in [-0.39, 0.29) is 30.5 Å². The van der Waals surface area contributed by atoms with Gasteiger partial charge in [-0.1, -0.05) is 30.3 Å². The van der Waals surface area contributed by atoms with Crippen molar-refractivity contribution in [2.45, 2.75) is 12.3 Å². The molecule has 2 bridgehead atoms. The van der Waals surface area contributed by atoms with Crippen LogP contribution in [0.25, 0.3) is 0 Å². The highest BCUT2D eigenvalue weighted by Gasteiger charge is 2.34. The van der Waals surface area contributed by atoms with Gasteiger partial charge in [0.25, 0.3) is 0 Å². The Kier molecular flexibility index (Phi) is 6.02. The number of para-hydroxylation sites is 1. The van der Waals surface area contributed by atoms with Gasteiger partial charge in [-0.15, -0.1) is 0 Å². The molecule has 7 heteroatoms. The number of benzene rings is 3. The zero-order chi connectivity index (χ0) is 22.6. The largest absolute Gasteiger partial charge is 0.489 e. The second kappa shape index (κ2) is 9.40. The van der Waals surface area contributed by atoms with Crippen LogP contribution in [0.3, 0.4) is 0 Å². The molecular formula is C26H24FNO5. The monoisotopic (exact) mass is 449 g/mol. The molecule has 2 heterocycles. The van der Waals surface area contributed by atoms with E-state index in [0.717, 1.165) is 17.7 Å². The lowest BCUT2D eigenvalue weighted by molar-refractivity contribution is 0.0860. The Bertz CT molecular complexity index is 1110. The molecule has 1 saturated heterocycles. The number of hydrogen-bond acceptors (Lipinski definition) is 5. The van der Waals surface area contributed by atoms with Gasteiger partial charge in [-0.3, -0.25) is 0 Å². The molecule has 1 amide bonds. The molecule has 0 saturated carbocycles. The van der Waals surface area contributed by atoms with Crippen molar-refractivity contribution in [3.63, 3.8) is 0 Å². The fourth-order valence-electron chi connectivity index (χ4n) is 4.34. The summed E-state index contributed by atoms with van der Waals surface area (Å²) in [6.45, 7) is 1.53. The third-order valence-electron chi connectivity index (χ3n) is 6.05. The summed E-state index contributed by atoms with van der Waals surface area (Å²) in [6, 6.07) is 21.0. The SMILES string of the molecule is O=C(Oc1ccccc1)N1CCC(c2ccc(F)cc2)C(COc2ccc3cc2OCO3)C1. The van der Waals surface area contributed by atoms with Gasteiger partial charge < -0.3 is 23.8 Å². The van der Waals surface area contributed by atoms with E-state index in [4.69, 9.17) is 18.9 Å². The lowest BCUT2D eigenvalue weighted by Crippen LogP contribution is -2.46. The summed E-state index contributed by atoms with van der Waals surface area (Å²) in [4.78, 5) is 14.5. The van der Waals surface area contributed by atoms with Crippen molar-refractivity contribution in [1.29, 1.82) is 0 Å². The molecule has 0 spiro atoms. The van der Waals surface area contributed by atoms with Crippen molar-refractivity contribution in [1.82, 2.24) is 4.90 Å². The molecule has 0 aromatic heterocycles. The Hall–Kier alpha value is -3.74. The van der Waals surface area contributed by atoms with Crippen molar-refractivity contribution in [2.24, 2.45) is 5.92 Å². The predicted molar refractivity (Wildman–Crippen MR) is 119 cm³/mol. The lowest BCUT2D eigenvalue weighted by atomic mass is 9.81. The van der Waals surface area contributed by atoms with Gasteiger partial charge in [-0.05, 0) is 54.3 Å². The summed E-state index contributed by atoms with van der Waals surface area (Å²) in [7, 11) is 0. The Morgan fingerprint density at radius 1 is 1.03 bits per heavy atom. The number of likely N-dealkylation sites (tertiary alicyclic amines) is 1. The van der Waals surface area contributed by atoms with Gasteiger partial charge in [0.2, 0.25) is 6.79 Å². The number of hydrogen-bond donors (Lipinski definition) is 0. The van der Waals surface area contributed by atoms with E-state index in [2.05, 4.69) is 0 Å². The number of halogens is 1. The molecule has 2 aliphatic heterocycles. The fourth-order valence-corrected chi connectivity index (χ4v) is 4.34. The highest BCUT2D eigenvalue weighted by molar-refractivity contribution is 5.70. The molecule has 3 aromatic carbocycles. The average molecular weight is 449 g/mol. The standard InChI is InChI=1S/C26H24FNO5/c27-20-8-6-18(7-9-20)23-12-13-28(26(29)33-21-4-2-1-3-5-21)15-19(23)16-30-24-11-10-22-14-25(24)32-17-31-22/h1-11,14,19,23H,12-13,15-17H2. The Morgan fingerprint density at radius 2 is 1.85 bits per heavy atom. The van der Waals surface area contributed by atoms with Gasteiger partial charge >= 0.3 is 6.09 Å². The summed E-state index contributed by atoms with van der Waals surface area (Å²) >= 11 is 0. The van der Waals surface area contributed by atoms with Crippen LogP contribution in [0.15, 0.2) is 72.8 Å².